The van der Waals surface area contributed by atoms with Gasteiger partial charge in [-0.05, 0) is 48.5 Å². The van der Waals surface area contributed by atoms with Gasteiger partial charge in [0.25, 0.3) is 0 Å². The molecule has 6 N–H and O–H groups in total. The highest BCUT2D eigenvalue weighted by atomic mass is 16.3. The number of allylic oxidation sites excluding steroid dienone is 4. The van der Waals surface area contributed by atoms with Crippen molar-refractivity contribution in [2.45, 2.75) is 50.4 Å². The van der Waals surface area contributed by atoms with Crippen LogP contribution in [0.3, 0.4) is 0 Å². The topological polar surface area (TPSA) is 116 Å². The molecule has 0 aromatic heterocycles. The zero-order valence-electron chi connectivity index (χ0n) is 21.1. The van der Waals surface area contributed by atoms with Gasteiger partial charge in [0, 0.05) is 19.0 Å². The minimum atomic E-state index is -1.01. The summed E-state index contributed by atoms with van der Waals surface area (Å²) in [5.41, 5.74) is 9.22. The number of aliphatic hydroxyl groups excluding tert-OH is 3. The summed E-state index contributed by atoms with van der Waals surface area (Å²) in [6.07, 6.45) is 10.9. The van der Waals surface area contributed by atoms with Gasteiger partial charge in [-0.25, -0.2) is 0 Å². The first kappa shape index (κ1) is 28.1. The fourth-order valence-electron chi connectivity index (χ4n) is 4.21. The van der Waals surface area contributed by atoms with E-state index in [0.717, 1.165) is 16.7 Å². The molecular weight excluding hydrogens is 464 g/mol. The second kappa shape index (κ2) is 15.0. The number of rotatable bonds is 13. The summed E-state index contributed by atoms with van der Waals surface area (Å²) < 4.78 is 0. The SMILES string of the molecule is NC(CC1=CC=C(O)CC=C1)C(O)C/C=C/C(O)C(Cc1ccccc1)C(=O)NCCc1ccccc1. The molecule has 1 aliphatic carbocycles. The Morgan fingerprint density at radius 3 is 2.35 bits per heavy atom. The summed E-state index contributed by atoms with van der Waals surface area (Å²) in [4.78, 5) is 13.0. The van der Waals surface area contributed by atoms with Crippen molar-refractivity contribution in [1.82, 2.24) is 5.32 Å². The Hall–Kier alpha value is -3.45. The fraction of sp³-hybridized carbons (Fsp3) is 0.323. The monoisotopic (exact) mass is 502 g/mol. The molecule has 2 aromatic rings. The Bertz CT molecular complexity index is 1090. The molecule has 0 bridgehead atoms. The average molecular weight is 503 g/mol. The summed E-state index contributed by atoms with van der Waals surface area (Å²) in [5.74, 6) is -0.593. The summed E-state index contributed by atoms with van der Waals surface area (Å²) in [6, 6.07) is 19.0. The van der Waals surface area contributed by atoms with E-state index in [2.05, 4.69) is 5.32 Å². The number of benzene rings is 2. The van der Waals surface area contributed by atoms with Gasteiger partial charge in [0.15, 0.2) is 0 Å². The molecule has 6 heteroatoms. The molecule has 0 spiro atoms. The molecule has 37 heavy (non-hydrogen) atoms. The third-order valence-corrected chi connectivity index (χ3v) is 6.43. The maximum atomic E-state index is 13.0. The Balaban J connectivity index is 1.56. The van der Waals surface area contributed by atoms with Gasteiger partial charge in [-0.1, -0.05) is 91.0 Å². The number of nitrogens with two attached hydrogens (primary N) is 1. The molecular formula is C31H38N2O4. The van der Waals surface area contributed by atoms with E-state index < -0.39 is 24.2 Å². The van der Waals surface area contributed by atoms with E-state index in [-0.39, 0.29) is 18.1 Å². The van der Waals surface area contributed by atoms with Crippen LogP contribution < -0.4 is 11.1 Å². The number of amides is 1. The van der Waals surface area contributed by atoms with Crippen molar-refractivity contribution in [3.63, 3.8) is 0 Å². The summed E-state index contributed by atoms with van der Waals surface area (Å²) >= 11 is 0. The van der Waals surface area contributed by atoms with Crippen molar-refractivity contribution in [2.75, 3.05) is 6.54 Å². The van der Waals surface area contributed by atoms with Crippen molar-refractivity contribution in [1.29, 1.82) is 0 Å². The quantitative estimate of drug-likeness (QED) is 0.266. The predicted molar refractivity (Wildman–Crippen MR) is 148 cm³/mol. The first-order valence-corrected chi connectivity index (χ1v) is 12.8. The van der Waals surface area contributed by atoms with E-state index >= 15 is 0 Å². The normalized spacial score (nSPS) is 16.8. The molecule has 4 atom stereocenters. The van der Waals surface area contributed by atoms with Gasteiger partial charge in [0.1, 0.15) is 0 Å². The third-order valence-electron chi connectivity index (χ3n) is 6.43. The minimum absolute atomic E-state index is 0.211. The Kier molecular flexibility index (Phi) is 11.4. The van der Waals surface area contributed by atoms with Crippen LogP contribution in [0.2, 0.25) is 0 Å². The van der Waals surface area contributed by atoms with E-state index in [1.165, 1.54) is 0 Å². The lowest BCUT2D eigenvalue weighted by Gasteiger charge is -2.21. The number of hydrogen-bond donors (Lipinski definition) is 5. The van der Waals surface area contributed by atoms with Crippen molar-refractivity contribution in [2.24, 2.45) is 11.7 Å². The van der Waals surface area contributed by atoms with Crippen LogP contribution in [-0.2, 0) is 17.6 Å². The van der Waals surface area contributed by atoms with Crippen molar-refractivity contribution in [3.05, 3.63) is 120 Å². The van der Waals surface area contributed by atoms with Crippen molar-refractivity contribution in [3.8, 4) is 0 Å². The zero-order valence-corrected chi connectivity index (χ0v) is 21.1. The second-order valence-corrected chi connectivity index (χ2v) is 9.42. The predicted octanol–water partition coefficient (Wildman–Crippen LogP) is 3.92. The van der Waals surface area contributed by atoms with Crippen LogP contribution in [0.25, 0.3) is 0 Å². The molecule has 6 nitrogen and oxygen atoms in total. The van der Waals surface area contributed by atoms with Crippen LogP contribution in [0.4, 0.5) is 0 Å². The van der Waals surface area contributed by atoms with E-state index in [1.54, 1.807) is 24.3 Å². The molecule has 1 aliphatic rings. The van der Waals surface area contributed by atoms with Crippen LogP contribution in [0, 0.1) is 5.92 Å². The fourth-order valence-corrected chi connectivity index (χ4v) is 4.21. The van der Waals surface area contributed by atoms with Gasteiger partial charge < -0.3 is 26.4 Å². The van der Waals surface area contributed by atoms with Crippen LogP contribution >= 0.6 is 0 Å². The average Bonchev–Trinajstić information content (AvgIpc) is 3.11. The van der Waals surface area contributed by atoms with Crippen molar-refractivity contribution < 1.29 is 20.1 Å². The number of aliphatic hydroxyl groups is 3. The van der Waals surface area contributed by atoms with Gasteiger partial charge >= 0.3 is 0 Å². The van der Waals surface area contributed by atoms with Crippen LogP contribution in [0.1, 0.15) is 30.4 Å². The Morgan fingerprint density at radius 1 is 0.973 bits per heavy atom. The molecule has 0 saturated heterocycles. The highest BCUT2D eigenvalue weighted by Crippen LogP contribution is 2.18. The maximum absolute atomic E-state index is 13.0. The zero-order chi connectivity index (χ0) is 26.5. The van der Waals surface area contributed by atoms with Gasteiger partial charge in [0.05, 0.1) is 23.9 Å². The standard InChI is InChI=1S/C31H38N2O4/c32-28(22-25-13-7-14-26(34)18-17-25)30(36)16-8-15-29(35)27(21-24-11-5-2-6-12-24)31(37)33-20-19-23-9-3-1-4-10-23/h1-13,15,17-18,27-30,34-36H,14,16,19-22,32H2,(H,33,37)/b15-8+. The first-order chi connectivity index (χ1) is 17.9. The van der Waals surface area contributed by atoms with Gasteiger partial charge in [-0.3, -0.25) is 4.79 Å². The Labute approximate surface area is 219 Å². The van der Waals surface area contributed by atoms with Crippen LogP contribution in [-0.4, -0.2) is 46.0 Å². The molecule has 0 heterocycles. The number of nitrogens with one attached hydrogen (secondary N) is 1. The van der Waals surface area contributed by atoms with E-state index in [1.807, 2.05) is 72.8 Å². The minimum Gasteiger partial charge on any atom is -0.512 e. The molecule has 0 saturated carbocycles. The number of carbonyl (C=O) groups excluding carboxylic acids is 1. The number of carbonyl (C=O) groups is 1. The lowest BCUT2D eigenvalue weighted by Crippen LogP contribution is -2.39. The first-order valence-electron chi connectivity index (χ1n) is 12.8. The smallest absolute Gasteiger partial charge is 0.226 e. The molecule has 0 aliphatic heterocycles. The Morgan fingerprint density at radius 2 is 1.65 bits per heavy atom. The maximum Gasteiger partial charge on any atom is 0.226 e. The molecule has 0 radical (unpaired) electrons. The highest BCUT2D eigenvalue weighted by Gasteiger charge is 2.25. The summed E-state index contributed by atoms with van der Waals surface area (Å²) in [7, 11) is 0. The van der Waals surface area contributed by atoms with Crippen LogP contribution in [0.5, 0.6) is 0 Å². The second-order valence-electron chi connectivity index (χ2n) is 9.42. The molecule has 4 unspecified atom stereocenters. The van der Waals surface area contributed by atoms with E-state index in [0.29, 0.717) is 32.2 Å². The van der Waals surface area contributed by atoms with Crippen molar-refractivity contribution >= 4 is 5.91 Å². The summed E-state index contributed by atoms with van der Waals surface area (Å²) in [5, 5.41) is 34.0. The molecule has 3 rings (SSSR count). The lowest BCUT2D eigenvalue weighted by atomic mass is 9.92. The molecule has 2 aromatic carbocycles. The molecule has 0 fully saturated rings. The molecule has 196 valence electrons. The third kappa shape index (κ3) is 9.84. The van der Waals surface area contributed by atoms with Gasteiger partial charge in [-0.15, -0.1) is 0 Å². The van der Waals surface area contributed by atoms with Gasteiger partial charge in [-0.2, -0.15) is 0 Å². The van der Waals surface area contributed by atoms with E-state index in [9.17, 15) is 20.1 Å². The summed E-state index contributed by atoms with van der Waals surface area (Å²) in [6.45, 7) is 0.482. The van der Waals surface area contributed by atoms with E-state index in [4.69, 9.17) is 5.73 Å². The van der Waals surface area contributed by atoms with Gasteiger partial charge in [0.2, 0.25) is 5.91 Å². The molecule has 1 amide bonds. The largest absolute Gasteiger partial charge is 0.512 e. The highest BCUT2D eigenvalue weighted by molar-refractivity contribution is 5.79. The lowest BCUT2D eigenvalue weighted by molar-refractivity contribution is -0.127. The number of hydrogen-bond acceptors (Lipinski definition) is 5. The van der Waals surface area contributed by atoms with Crippen LogP contribution in [0.15, 0.2) is 108 Å².